The summed E-state index contributed by atoms with van der Waals surface area (Å²) in [6.07, 6.45) is 2.07. The fourth-order valence-electron chi connectivity index (χ4n) is 1.84. The van der Waals surface area contributed by atoms with Gasteiger partial charge in [-0.2, -0.15) is 5.10 Å². The zero-order chi connectivity index (χ0) is 13.2. The van der Waals surface area contributed by atoms with Crippen LogP contribution in [0.25, 0.3) is 10.9 Å². The van der Waals surface area contributed by atoms with Gasteiger partial charge in [0.25, 0.3) is 0 Å². The molecule has 1 heterocycles. The maximum Gasteiger partial charge on any atom is 0.139 e. The second-order valence-electron chi connectivity index (χ2n) is 6.02. The van der Waals surface area contributed by atoms with Crippen LogP contribution in [0.1, 0.15) is 5.56 Å². The lowest BCUT2D eigenvalue weighted by molar-refractivity contribution is 0.0791. The third kappa shape index (κ3) is 3.43. The predicted molar refractivity (Wildman–Crippen MR) is 78.6 cm³/mol. The van der Waals surface area contributed by atoms with Crippen LogP contribution in [-0.2, 0) is 11.5 Å². The molecule has 0 fully saturated rings. The molecule has 0 amide bonds. The van der Waals surface area contributed by atoms with Crippen molar-refractivity contribution in [1.82, 2.24) is 9.78 Å². The Hall–Kier alpha value is -1.13. The van der Waals surface area contributed by atoms with E-state index in [0.717, 1.165) is 12.1 Å². The molecule has 0 saturated carbocycles. The van der Waals surface area contributed by atoms with Gasteiger partial charge in [0.2, 0.25) is 0 Å². The van der Waals surface area contributed by atoms with Gasteiger partial charge < -0.3 is 4.74 Å². The van der Waals surface area contributed by atoms with Gasteiger partial charge in [-0.1, -0.05) is 31.8 Å². The average Bonchev–Trinajstić information content (AvgIpc) is 2.68. The standard InChI is InChI=1S/C14H22N2OSi/c1-12-6-5-7-14-13(12)10-16(15-14)11-17-8-9-18(2,3)4/h5-7,10H,8-9,11H2,1-4H3. The molecule has 2 aromatic rings. The fraction of sp³-hybridized carbons (Fsp3) is 0.500. The van der Waals surface area contributed by atoms with E-state index in [1.54, 1.807) is 0 Å². The van der Waals surface area contributed by atoms with Gasteiger partial charge in [-0.05, 0) is 24.6 Å². The number of ether oxygens (including phenoxy) is 1. The van der Waals surface area contributed by atoms with Crippen LogP contribution in [0.3, 0.4) is 0 Å². The van der Waals surface area contributed by atoms with Crippen LogP contribution >= 0.6 is 0 Å². The number of hydrogen-bond donors (Lipinski definition) is 0. The van der Waals surface area contributed by atoms with Crippen molar-refractivity contribution in [2.24, 2.45) is 0 Å². The van der Waals surface area contributed by atoms with Crippen molar-refractivity contribution in [2.75, 3.05) is 6.61 Å². The van der Waals surface area contributed by atoms with Gasteiger partial charge in [0.05, 0.1) is 5.52 Å². The van der Waals surface area contributed by atoms with Crippen molar-refractivity contribution < 1.29 is 4.74 Å². The summed E-state index contributed by atoms with van der Waals surface area (Å²) in [6, 6.07) is 7.40. The molecular weight excluding hydrogens is 240 g/mol. The van der Waals surface area contributed by atoms with Crippen LogP contribution < -0.4 is 0 Å². The monoisotopic (exact) mass is 262 g/mol. The third-order valence-electron chi connectivity index (χ3n) is 3.04. The zero-order valence-electron chi connectivity index (χ0n) is 11.7. The summed E-state index contributed by atoms with van der Waals surface area (Å²) in [5, 5.41) is 5.72. The molecule has 1 aromatic heterocycles. The maximum absolute atomic E-state index is 5.70. The Kier molecular flexibility index (Phi) is 3.87. The molecule has 0 atom stereocenters. The van der Waals surface area contributed by atoms with Gasteiger partial charge in [-0.3, -0.25) is 0 Å². The first-order valence-corrected chi connectivity index (χ1v) is 10.2. The molecule has 2 rings (SSSR count). The molecule has 0 aliphatic heterocycles. The topological polar surface area (TPSA) is 27.1 Å². The largest absolute Gasteiger partial charge is 0.360 e. The van der Waals surface area contributed by atoms with E-state index in [1.165, 1.54) is 17.0 Å². The summed E-state index contributed by atoms with van der Waals surface area (Å²) < 4.78 is 7.59. The van der Waals surface area contributed by atoms with Gasteiger partial charge >= 0.3 is 0 Å². The van der Waals surface area contributed by atoms with E-state index in [9.17, 15) is 0 Å². The number of nitrogens with zero attached hydrogens (tertiary/aromatic N) is 2. The van der Waals surface area contributed by atoms with Crippen LogP contribution in [0.2, 0.25) is 25.7 Å². The Morgan fingerprint density at radius 1 is 1.28 bits per heavy atom. The predicted octanol–water partition coefficient (Wildman–Crippen LogP) is 3.66. The Morgan fingerprint density at radius 3 is 2.72 bits per heavy atom. The fourth-order valence-corrected chi connectivity index (χ4v) is 2.60. The van der Waals surface area contributed by atoms with Gasteiger partial charge in [-0.25, -0.2) is 4.68 Å². The minimum Gasteiger partial charge on any atom is -0.360 e. The van der Waals surface area contributed by atoms with E-state index in [2.05, 4.69) is 43.9 Å². The molecule has 18 heavy (non-hydrogen) atoms. The minimum absolute atomic E-state index is 0.554. The lowest BCUT2D eigenvalue weighted by Crippen LogP contribution is -2.22. The first-order chi connectivity index (χ1) is 8.46. The van der Waals surface area contributed by atoms with E-state index >= 15 is 0 Å². The summed E-state index contributed by atoms with van der Waals surface area (Å²) in [7, 11) is -0.991. The van der Waals surface area contributed by atoms with Crippen LogP contribution in [-0.4, -0.2) is 24.5 Å². The van der Waals surface area contributed by atoms with Crippen molar-refractivity contribution in [3.8, 4) is 0 Å². The highest BCUT2D eigenvalue weighted by atomic mass is 28.3. The smallest absolute Gasteiger partial charge is 0.139 e. The molecule has 4 heteroatoms. The van der Waals surface area contributed by atoms with E-state index in [-0.39, 0.29) is 0 Å². The summed E-state index contributed by atoms with van der Waals surface area (Å²) in [4.78, 5) is 0. The van der Waals surface area contributed by atoms with E-state index in [1.807, 2.05) is 16.8 Å². The number of benzene rings is 1. The normalized spacial score (nSPS) is 12.2. The van der Waals surface area contributed by atoms with E-state index in [4.69, 9.17) is 4.74 Å². The molecule has 98 valence electrons. The lowest BCUT2D eigenvalue weighted by Gasteiger charge is -2.15. The average molecular weight is 262 g/mol. The second kappa shape index (κ2) is 5.24. The van der Waals surface area contributed by atoms with Crippen molar-refractivity contribution in [1.29, 1.82) is 0 Å². The highest BCUT2D eigenvalue weighted by Crippen LogP contribution is 2.16. The summed E-state index contributed by atoms with van der Waals surface area (Å²) >= 11 is 0. The number of hydrogen-bond acceptors (Lipinski definition) is 2. The number of rotatable bonds is 5. The summed E-state index contributed by atoms with van der Waals surface area (Å²) in [5.41, 5.74) is 2.31. The molecule has 0 saturated heterocycles. The first-order valence-electron chi connectivity index (χ1n) is 6.46. The Morgan fingerprint density at radius 2 is 2.06 bits per heavy atom. The maximum atomic E-state index is 5.70. The molecule has 1 aromatic carbocycles. The molecule has 0 spiro atoms. The minimum atomic E-state index is -0.991. The molecule has 3 nitrogen and oxygen atoms in total. The SMILES string of the molecule is Cc1cccc2nn(COCC[Si](C)(C)C)cc12. The third-order valence-corrected chi connectivity index (χ3v) is 4.74. The van der Waals surface area contributed by atoms with Gasteiger partial charge in [0, 0.05) is 26.3 Å². The second-order valence-corrected chi connectivity index (χ2v) is 11.6. The summed E-state index contributed by atoms with van der Waals surface area (Å²) in [5.74, 6) is 0. The number of fused-ring (bicyclic) bond motifs is 1. The Balaban J connectivity index is 1.94. The molecule has 0 bridgehead atoms. The Labute approximate surface area is 110 Å². The number of aryl methyl sites for hydroxylation is 1. The van der Waals surface area contributed by atoms with E-state index in [0.29, 0.717) is 6.73 Å². The molecule has 0 radical (unpaired) electrons. The van der Waals surface area contributed by atoms with Gasteiger partial charge in [0.1, 0.15) is 6.73 Å². The highest BCUT2D eigenvalue weighted by molar-refractivity contribution is 6.76. The van der Waals surface area contributed by atoms with Crippen molar-refractivity contribution in [3.05, 3.63) is 30.0 Å². The van der Waals surface area contributed by atoms with Crippen LogP contribution in [0, 0.1) is 6.92 Å². The molecule has 0 N–H and O–H groups in total. The van der Waals surface area contributed by atoms with Crippen LogP contribution in [0.4, 0.5) is 0 Å². The quantitative estimate of drug-likeness (QED) is 0.607. The van der Waals surface area contributed by atoms with E-state index < -0.39 is 8.07 Å². The van der Waals surface area contributed by atoms with Crippen molar-refractivity contribution in [2.45, 2.75) is 39.3 Å². The Bertz CT molecular complexity index is 528. The van der Waals surface area contributed by atoms with Crippen molar-refractivity contribution in [3.63, 3.8) is 0 Å². The molecule has 0 aliphatic carbocycles. The number of aromatic nitrogens is 2. The van der Waals surface area contributed by atoms with Gasteiger partial charge in [-0.15, -0.1) is 0 Å². The van der Waals surface area contributed by atoms with Crippen LogP contribution in [0.5, 0.6) is 0 Å². The molecular formula is C14H22N2OSi. The molecule has 0 unspecified atom stereocenters. The van der Waals surface area contributed by atoms with Gasteiger partial charge in [0.15, 0.2) is 0 Å². The van der Waals surface area contributed by atoms with Crippen LogP contribution in [0.15, 0.2) is 24.4 Å². The first kappa shape index (κ1) is 13.3. The highest BCUT2D eigenvalue weighted by Gasteiger charge is 2.12. The summed E-state index contributed by atoms with van der Waals surface area (Å²) in [6.45, 7) is 10.6. The van der Waals surface area contributed by atoms with Crippen molar-refractivity contribution >= 4 is 19.0 Å². The molecule has 0 aliphatic rings. The lowest BCUT2D eigenvalue weighted by atomic mass is 10.1. The zero-order valence-corrected chi connectivity index (χ0v) is 12.7.